The molecule has 0 amide bonds. The first kappa shape index (κ1) is 23.3. The lowest BCUT2D eigenvalue weighted by Gasteiger charge is -2.29. The Balaban J connectivity index is 1.97. The number of anilines is 2. The molecule has 3 rings (SSSR count). The molecule has 0 spiro atoms. The summed E-state index contributed by atoms with van der Waals surface area (Å²) in [6.07, 6.45) is -12.7. The van der Waals surface area contributed by atoms with Gasteiger partial charge in [0.05, 0.1) is 6.54 Å². The summed E-state index contributed by atoms with van der Waals surface area (Å²) in [4.78, 5) is 1.03. The third kappa shape index (κ3) is 6.55. The van der Waals surface area contributed by atoms with Crippen molar-refractivity contribution in [2.24, 2.45) is 0 Å². The van der Waals surface area contributed by atoms with Gasteiger partial charge in [-0.2, -0.15) is 13.2 Å². The average Bonchev–Trinajstić information content (AvgIpc) is 2.71. The lowest BCUT2D eigenvalue weighted by molar-refractivity contribution is -0.274. The smallest absolute Gasteiger partial charge is 0.457 e. The van der Waals surface area contributed by atoms with Crippen LogP contribution >= 0.6 is 0 Å². The number of alkyl halides is 6. The van der Waals surface area contributed by atoms with Crippen molar-refractivity contribution in [3.8, 4) is 17.2 Å². The van der Waals surface area contributed by atoms with Gasteiger partial charge in [0.1, 0.15) is 17.2 Å². The number of para-hydroxylation sites is 1. The number of hydrogen-bond donors (Lipinski definition) is 1. The van der Waals surface area contributed by atoms with Gasteiger partial charge >= 0.3 is 12.5 Å². The molecule has 1 N–H and O–H groups in total. The Morgan fingerprint density at radius 3 is 1.81 bits per heavy atom. The minimum atomic E-state index is -4.97. The molecule has 3 aromatic carbocycles. The molecular weight excluding hydrogens is 440 g/mol. The van der Waals surface area contributed by atoms with Crippen molar-refractivity contribution in [2.45, 2.75) is 18.6 Å². The summed E-state index contributed by atoms with van der Waals surface area (Å²) in [5.74, 6) is 0.146. The Kier molecular flexibility index (Phi) is 6.83. The second kappa shape index (κ2) is 9.39. The van der Waals surface area contributed by atoms with Crippen LogP contribution in [0.5, 0.6) is 17.2 Å². The summed E-state index contributed by atoms with van der Waals surface area (Å²) in [5, 5.41) is 9.63. The molecule has 1 atom stereocenters. The summed E-state index contributed by atoms with van der Waals surface area (Å²) in [6.45, 7) is -0.965. The fraction of sp³-hybridized carbons (Fsp3) is 0.182. The summed E-state index contributed by atoms with van der Waals surface area (Å²) < 4.78 is 86.4. The standard InChI is InChI=1S/C22H17F6NO3/c23-21(24,25)20(30)14-29(16-7-5-11-19(13-16)32-22(26,27)28)15-6-4-10-18(12-15)31-17-8-2-1-3-9-17/h1-13,20,30H,14H2/t20-/m1/s1. The monoisotopic (exact) mass is 457 g/mol. The molecule has 0 fully saturated rings. The van der Waals surface area contributed by atoms with E-state index in [1.54, 1.807) is 36.4 Å². The van der Waals surface area contributed by atoms with Crippen molar-refractivity contribution in [3.63, 3.8) is 0 Å². The maximum absolute atomic E-state index is 13.0. The molecular formula is C22H17F6NO3. The van der Waals surface area contributed by atoms with Gasteiger partial charge in [-0.3, -0.25) is 0 Å². The molecule has 0 saturated heterocycles. The largest absolute Gasteiger partial charge is 0.573 e. The van der Waals surface area contributed by atoms with E-state index in [1.807, 2.05) is 0 Å². The van der Waals surface area contributed by atoms with E-state index in [9.17, 15) is 31.4 Å². The zero-order chi connectivity index (χ0) is 23.4. The fourth-order valence-corrected chi connectivity index (χ4v) is 2.82. The molecule has 0 aliphatic carbocycles. The molecule has 170 valence electrons. The van der Waals surface area contributed by atoms with Gasteiger partial charge < -0.3 is 19.5 Å². The molecule has 10 heteroatoms. The van der Waals surface area contributed by atoms with E-state index < -0.39 is 30.9 Å². The molecule has 4 nitrogen and oxygen atoms in total. The lowest BCUT2D eigenvalue weighted by Crippen LogP contribution is -2.39. The predicted octanol–water partition coefficient (Wildman–Crippen LogP) is 6.44. The van der Waals surface area contributed by atoms with Crippen molar-refractivity contribution >= 4 is 11.4 Å². The second-order valence-electron chi connectivity index (χ2n) is 6.63. The highest BCUT2D eigenvalue weighted by Gasteiger charge is 2.39. The van der Waals surface area contributed by atoms with E-state index in [0.717, 1.165) is 17.0 Å². The number of aliphatic hydroxyl groups is 1. The molecule has 0 aliphatic heterocycles. The van der Waals surface area contributed by atoms with Gasteiger partial charge in [-0.05, 0) is 36.4 Å². The summed E-state index contributed by atoms with van der Waals surface area (Å²) in [7, 11) is 0. The van der Waals surface area contributed by atoms with Crippen LogP contribution in [-0.2, 0) is 0 Å². The first-order valence-electron chi connectivity index (χ1n) is 9.22. The number of halogens is 6. The summed E-state index contributed by atoms with van der Waals surface area (Å²) in [5.41, 5.74) is 0.109. The van der Waals surface area contributed by atoms with E-state index in [2.05, 4.69) is 4.74 Å². The Morgan fingerprint density at radius 2 is 1.25 bits per heavy atom. The molecule has 0 unspecified atom stereocenters. The lowest BCUT2D eigenvalue weighted by atomic mass is 10.2. The highest BCUT2D eigenvalue weighted by Crippen LogP contribution is 2.35. The topological polar surface area (TPSA) is 41.9 Å². The number of ether oxygens (including phenoxy) is 2. The van der Waals surface area contributed by atoms with Gasteiger partial charge in [0.15, 0.2) is 6.10 Å². The molecule has 0 saturated carbocycles. The second-order valence-corrected chi connectivity index (χ2v) is 6.63. The SMILES string of the molecule is O[C@H](CN(c1cccc(Oc2ccccc2)c1)c1cccc(OC(F)(F)F)c1)C(F)(F)F. The maximum Gasteiger partial charge on any atom is 0.573 e. The van der Waals surface area contributed by atoms with E-state index in [4.69, 9.17) is 4.74 Å². The first-order valence-corrected chi connectivity index (χ1v) is 9.22. The van der Waals surface area contributed by atoms with Crippen LogP contribution in [0.1, 0.15) is 0 Å². The van der Waals surface area contributed by atoms with Gasteiger partial charge in [-0.25, -0.2) is 0 Å². The van der Waals surface area contributed by atoms with Crippen LogP contribution in [-0.4, -0.2) is 30.3 Å². The van der Waals surface area contributed by atoms with Crippen molar-refractivity contribution in [1.82, 2.24) is 0 Å². The highest BCUT2D eigenvalue weighted by atomic mass is 19.4. The van der Waals surface area contributed by atoms with Crippen molar-refractivity contribution in [1.29, 1.82) is 0 Å². The molecule has 0 heterocycles. The Labute approximate surface area is 179 Å². The fourth-order valence-electron chi connectivity index (χ4n) is 2.82. The molecule has 0 radical (unpaired) electrons. The number of nitrogens with zero attached hydrogens (tertiary/aromatic N) is 1. The Hall–Kier alpha value is -3.40. The van der Waals surface area contributed by atoms with Gasteiger partial charge in [0.25, 0.3) is 0 Å². The van der Waals surface area contributed by atoms with Gasteiger partial charge in [0.2, 0.25) is 0 Å². The highest BCUT2D eigenvalue weighted by molar-refractivity contribution is 5.66. The zero-order valence-corrected chi connectivity index (χ0v) is 16.3. The average molecular weight is 457 g/mol. The van der Waals surface area contributed by atoms with Gasteiger partial charge in [0, 0.05) is 23.5 Å². The quantitative estimate of drug-likeness (QED) is 0.415. The Bertz CT molecular complexity index is 1020. The van der Waals surface area contributed by atoms with E-state index in [1.165, 1.54) is 30.3 Å². The molecule has 0 aliphatic rings. The van der Waals surface area contributed by atoms with E-state index in [0.29, 0.717) is 5.75 Å². The van der Waals surface area contributed by atoms with E-state index >= 15 is 0 Å². The van der Waals surface area contributed by atoms with Gasteiger partial charge in [-0.1, -0.05) is 30.3 Å². The van der Waals surface area contributed by atoms with Crippen molar-refractivity contribution in [2.75, 3.05) is 11.4 Å². The van der Waals surface area contributed by atoms with Crippen molar-refractivity contribution in [3.05, 3.63) is 78.9 Å². The van der Waals surface area contributed by atoms with Crippen LogP contribution in [0.3, 0.4) is 0 Å². The normalized spacial score (nSPS) is 12.8. The Morgan fingerprint density at radius 1 is 0.719 bits per heavy atom. The maximum atomic E-state index is 13.0. The molecule has 3 aromatic rings. The number of aliphatic hydroxyl groups excluding tert-OH is 1. The first-order chi connectivity index (χ1) is 15.0. The molecule has 32 heavy (non-hydrogen) atoms. The number of benzene rings is 3. The van der Waals surface area contributed by atoms with Gasteiger partial charge in [-0.15, -0.1) is 13.2 Å². The van der Waals surface area contributed by atoms with E-state index in [-0.39, 0.29) is 17.1 Å². The summed E-state index contributed by atoms with van der Waals surface area (Å²) >= 11 is 0. The number of rotatable bonds is 7. The minimum Gasteiger partial charge on any atom is -0.457 e. The predicted molar refractivity (Wildman–Crippen MR) is 105 cm³/mol. The third-order valence-corrected chi connectivity index (χ3v) is 4.20. The number of hydrogen-bond acceptors (Lipinski definition) is 4. The van der Waals surface area contributed by atoms with Crippen LogP contribution < -0.4 is 14.4 Å². The van der Waals surface area contributed by atoms with Crippen LogP contribution in [0.15, 0.2) is 78.9 Å². The van der Waals surface area contributed by atoms with Crippen LogP contribution in [0, 0.1) is 0 Å². The third-order valence-electron chi connectivity index (χ3n) is 4.20. The minimum absolute atomic E-state index is 0.0492. The molecule has 0 aromatic heterocycles. The zero-order valence-electron chi connectivity index (χ0n) is 16.3. The summed E-state index contributed by atoms with van der Waals surface area (Å²) in [6, 6.07) is 19.0. The van der Waals surface area contributed by atoms with Crippen LogP contribution in [0.2, 0.25) is 0 Å². The van der Waals surface area contributed by atoms with Crippen molar-refractivity contribution < 1.29 is 40.9 Å². The molecule has 0 bridgehead atoms. The van der Waals surface area contributed by atoms with Crippen LogP contribution in [0.25, 0.3) is 0 Å². The van der Waals surface area contributed by atoms with Crippen LogP contribution in [0.4, 0.5) is 37.7 Å².